The molecule has 0 amide bonds. The number of aliphatic hydroxyl groups excluding tert-OH is 2. The molecular weight excluding hydrogens is 288 g/mol. The van der Waals surface area contributed by atoms with Crippen LogP contribution < -0.4 is 10.2 Å². The summed E-state index contributed by atoms with van der Waals surface area (Å²) in [4.78, 5) is 2.22. The first-order valence-electron chi connectivity index (χ1n) is 8.17. The average molecular weight is 316 g/mol. The molecule has 2 rings (SSSR count). The number of rotatable bonds is 8. The van der Waals surface area contributed by atoms with Crippen LogP contribution in [0.4, 0.5) is 5.69 Å². The monoisotopic (exact) mass is 316 g/mol. The summed E-state index contributed by atoms with van der Waals surface area (Å²) >= 11 is 0. The Kier molecular flexibility index (Phi) is 6.39. The maximum Gasteiger partial charge on any atom is 0.0645 e. The lowest BCUT2D eigenvalue weighted by molar-refractivity contribution is 0.156. The van der Waals surface area contributed by atoms with Crippen molar-refractivity contribution in [2.24, 2.45) is 5.41 Å². The highest BCUT2D eigenvalue weighted by Crippen LogP contribution is 2.30. The van der Waals surface area contributed by atoms with Gasteiger partial charge in [0, 0.05) is 37.3 Å². The summed E-state index contributed by atoms with van der Waals surface area (Å²) in [5.74, 6) is 0. The molecule has 4 nitrogen and oxygen atoms in total. The molecule has 23 heavy (non-hydrogen) atoms. The predicted octanol–water partition coefficient (Wildman–Crippen LogP) is 1.96. The lowest BCUT2D eigenvalue weighted by atomic mass is 9.79. The zero-order valence-electron chi connectivity index (χ0n) is 14.1. The smallest absolute Gasteiger partial charge is 0.0645 e. The average Bonchev–Trinajstić information content (AvgIpc) is 2.61. The van der Waals surface area contributed by atoms with Gasteiger partial charge in [-0.25, -0.2) is 0 Å². The minimum atomic E-state index is -0.313. The molecule has 0 bridgehead atoms. The minimum Gasteiger partial charge on any atom is -0.395 e. The molecule has 2 unspecified atom stereocenters. The van der Waals surface area contributed by atoms with Crippen LogP contribution in [-0.4, -0.2) is 49.6 Å². The Morgan fingerprint density at radius 1 is 1.26 bits per heavy atom. The molecule has 0 radical (unpaired) electrons. The van der Waals surface area contributed by atoms with Gasteiger partial charge < -0.3 is 20.4 Å². The van der Waals surface area contributed by atoms with Crippen LogP contribution >= 0.6 is 0 Å². The van der Waals surface area contributed by atoms with Gasteiger partial charge in [0.25, 0.3) is 0 Å². The van der Waals surface area contributed by atoms with Gasteiger partial charge in [-0.3, -0.25) is 0 Å². The van der Waals surface area contributed by atoms with Crippen molar-refractivity contribution >= 4 is 5.69 Å². The first-order valence-corrected chi connectivity index (χ1v) is 8.17. The molecule has 3 N–H and O–H groups in total. The zero-order chi connectivity index (χ0) is 16.7. The fourth-order valence-electron chi connectivity index (χ4n) is 2.99. The second-order valence-electron chi connectivity index (χ2n) is 6.54. The number of para-hydroxylation sites is 1. The zero-order valence-corrected chi connectivity index (χ0v) is 14.1. The lowest BCUT2D eigenvalue weighted by Gasteiger charge is -2.34. The SMILES string of the molecule is CC(CN(C)c1ccccc1)NCC1(CO)C=CC=C(CO)C1. The number of aliphatic hydroxyl groups is 2. The van der Waals surface area contributed by atoms with Crippen LogP contribution in [-0.2, 0) is 0 Å². The van der Waals surface area contributed by atoms with Gasteiger partial charge in [-0.05, 0) is 31.1 Å². The summed E-state index contributed by atoms with van der Waals surface area (Å²) in [6.45, 7) is 3.87. The fraction of sp³-hybridized carbons (Fsp3) is 0.474. The summed E-state index contributed by atoms with van der Waals surface area (Å²) in [5, 5.41) is 22.7. The quantitative estimate of drug-likeness (QED) is 0.686. The highest BCUT2D eigenvalue weighted by molar-refractivity contribution is 5.45. The van der Waals surface area contributed by atoms with E-state index in [2.05, 4.69) is 36.3 Å². The van der Waals surface area contributed by atoms with Crippen LogP contribution in [0.1, 0.15) is 13.3 Å². The topological polar surface area (TPSA) is 55.7 Å². The van der Waals surface area contributed by atoms with Crippen molar-refractivity contribution in [2.75, 3.05) is 38.3 Å². The summed E-state index contributed by atoms with van der Waals surface area (Å²) in [5.41, 5.74) is 1.85. The number of anilines is 1. The second kappa shape index (κ2) is 8.29. The van der Waals surface area contributed by atoms with E-state index in [4.69, 9.17) is 0 Å². The van der Waals surface area contributed by atoms with Crippen molar-refractivity contribution in [1.82, 2.24) is 5.32 Å². The molecule has 0 aromatic heterocycles. The Labute approximate surface area is 139 Å². The van der Waals surface area contributed by atoms with Crippen molar-refractivity contribution in [3.05, 3.63) is 54.1 Å². The Balaban J connectivity index is 1.87. The second-order valence-corrected chi connectivity index (χ2v) is 6.54. The third kappa shape index (κ3) is 4.93. The predicted molar refractivity (Wildman–Crippen MR) is 95.6 cm³/mol. The van der Waals surface area contributed by atoms with Crippen LogP contribution in [0, 0.1) is 5.41 Å². The van der Waals surface area contributed by atoms with E-state index in [9.17, 15) is 10.2 Å². The largest absolute Gasteiger partial charge is 0.395 e. The molecule has 4 heteroatoms. The van der Waals surface area contributed by atoms with E-state index in [1.54, 1.807) is 0 Å². The van der Waals surface area contributed by atoms with Gasteiger partial charge in [-0.1, -0.05) is 36.4 Å². The normalized spacial score (nSPS) is 21.8. The Morgan fingerprint density at radius 3 is 2.65 bits per heavy atom. The van der Waals surface area contributed by atoms with E-state index >= 15 is 0 Å². The molecule has 0 saturated heterocycles. The lowest BCUT2D eigenvalue weighted by Crippen LogP contribution is -2.44. The summed E-state index contributed by atoms with van der Waals surface area (Å²) in [6.07, 6.45) is 6.62. The number of nitrogens with zero attached hydrogens (tertiary/aromatic N) is 1. The van der Waals surface area contributed by atoms with Crippen molar-refractivity contribution in [3.8, 4) is 0 Å². The highest BCUT2D eigenvalue weighted by atomic mass is 16.3. The van der Waals surface area contributed by atoms with Crippen molar-refractivity contribution in [3.63, 3.8) is 0 Å². The number of hydrogen-bond acceptors (Lipinski definition) is 4. The molecule has 0 saturated carbocycles. The summed E-state index contributed by atoms with van der Waals surface area (Å²) in [7, 11) is 2.09. The van der Waals surface area contributed by atoms with Gasteiger partial charge in [0.15, 0.2) is 0 Å². The number of likely N-dealkylation sites (N-methyl/N-ethyl adjacent to an activating group) is 1. The number of allylic oxidation sites excluding steroid dienone is 2. The maximum atomic E-state index is 9.82. The third-order valence-corrected chi connectivity index (χ3v) is 4.43. The Bertz CT molecular complexity index is 542. The molecule has 0 heterocycles. The van der Waals surface area contributed by atoms with E-state index in [0.717, 1.165) is 12.1 Å². The molecule has 0 spiro atoms. The minimum absolute atomic E-state index is 0.0540. The molecule has 1 aromatic carbocycles. The van der Waals surface area contributed by atoms with Gasteiger partial charge in [-0.2, -0.15) is 0 Å². The van der Waals surface area contributed by atoms with E-state index < -0.39 is 0 Å². The van der Waals surface area contributed by atoms with Crippen LogP contribution in [0.5, 0.6) is 0 Å². The number of hydrogen-bond donors (Lipinski definition) is 3. The van der Waals surface area contributed by atoms with Gasteiger partial charge in [0.1, 0.15) is 0 Å². The standard InChI is InChI=1S/C19H28N2O2/c1-16(12-21(2)18-8-4-3-5-9-18)20-14-19(15-23)10-6-7-17(11-19)13-22/h3-10,16,20,22-23H,11-15H2,1-2H3. The number of benzene rings is 1. The molecule has 1 aliphatic rings. The van der Waals surface area contributed by atoms with Crippen molar-refractivity contribution in [2.45, 2.75) is 19.4 Å². The molecule has 0 aliphatic heterocycles. The summed E-state index contributed by atoms with van der Waals surface area (Å²) < 4.78 is 0. The van der Waals surface area contributed by atoms with Crippen molar-refractivity contribution in [1.29, 1.82) is 0 Å². The maximum absolute atomic E-state index is 9.82. The molecule has 2 atom stereocenters. The highest BCUT2D eigenvalue weighted by Gasteiger charge is 2.29. The molecule has 0 fully saturated rings. The van der Waals surface area contributed by atoms with Crippen LogP contribution in [0.3, 0.4) is 0 Å². The summed E-state index contributed by atoms with van der Waals surface area (Å²) in [6, 6.07) is 10.6. The van der Waals surface area contributed by atoms with E-state index in [-0.39, 0.29) is 18.6 Å². The Morgan fingerprint density at radius 2 is 2.00 bits per heavy atom. The van der Waals surface area contributed by atoms with Gasteiger partial charge in [0.2, 0.25) is 0 Å². The number of nitrogens with one attached hydrogen (secondary N) is 1. The first kappa shape index (κ1) is 17.7. The van der Waals surface area contributed by atoms with Crippen molar-refractivity contribution < 1.29 is 10.2 Å². The van der Waals surface area contributed by atoms with Gasteiger partial charge in [-0.15, -0.1) is 0 Å². The van der Waals surface area contributed by atoms with E-state index in [0.29, 0.717) is 19.0 Å². The van der Waals surface area contributed by atoms with Gasteiger partial charge in [0.05, 0.1) is 13.2 Å². The third-order valence-electron chi connectivity index (χ3n) is 4.43. The molecular formula is C19H28N2O2. The van der Waals surface area contributed by atoms with Crippen LogP contribution in [0.25, 0.3) is 0 Å². The first-order chi connectivity index (χ1) is 11.1. The fourth-order valence-corrected chi connectivity index (χ4v) is 2.99. The molecule has 126 valence electrons. The van der Waals surface area contributed by atoms with Crippen LogP contribution in [0.15, 0.2) is 54.1 Å². The Hall–Kier alpha value is -1.62. The van der Waals surface area contributed by atoms with Gasteiger partial charge >= 0.3 is 0 Å². The van der Waals surface area contributed by atoms with E-state index in [1.165, 1.54) is 5.69 Å². The van der Waals surface area contributed by atoms with E-state index in [1.807, 2.05) is 36.4 Å². The molecule has 1 aromatic rings. The molecule has 1 aliphatic carbocycles. The van der Waals surface area contributed by atoms with Crippen LogP contribution in [0.2, 0.25) is 0 Å².